The molecule has 1 N–H and O–H groups in total. The van der Waals surface area contributed by atoms with Gasteiger partial charge in [0.2, 0.25) is 0 Å². The first-order valence-corrected chi connectivity index (χ1v) is 20.9. The van der Waals surface area contributed by atoms with Crippen LogP contribution in [-0.4, -0.2) is 68.7 Å². The van der Waals surface area contributed by atoms with E-state index in [1.165, 1.54) is 76.1 Å². The average molecular weight is 732 g/mol. The van der Waals surface area contributed by atoms with Crippen LogP contribution >= 0.6 is 0 Å². The van der Waals surface area contributed by atoms with Gasteiger partial charge in [-0.25, -0.2) is 0 Å². The molecule has 3 unspecified atom stereocenters. The minimum absolute atomic E-state index is 0.213. The Hall–Kier alpha value is -4.74. The highest BCUT2D eigenvalue weighted by Crippen LogP contribution is 2.47. The summed E-state index contributed by atoms with van der Waals surface area (Å²) < 4.78 is 0. The number of anilines is 2. The van der Waals surface area contributed by atoms with Crippen molar-refractivity contribution in [2.45, 2.75) is 69.9 Å². The smallest absolute Gasteiger partial charge is 0.0688 e. The molecular weight excluding hydrogens is 671 g/mol. The molecule has 0 saturated carbocycles. The van der Waals surface area contributed by atoms with Gasteiger partial charge in [-0.15, -0.1) is 6.58 Å². The highest BCUT2D eigenvalue weighted by atomic mass is 15.3. The van der Waals surface area contributed by atoms with Crippen molar-refractivity contribution in [2.24, 2.45) is 5.92 Å². The molecule has 5 heteroatoms. The monoisotopic (exact) mass is 731 g/mol. The number of benzene rings is 4. The van der Waals surface area contributed by atoms with E-state index in [4.69, 9.17) is 0 Å². The minimum Gasteiger partial charge on any atom is -0.390 e. The molecule has 3 aliphatic heterocycles. The number of hydrogen-bond donors (Lipinski definition) is 1. The molecular formula is C50H61N5. The normalized spacial score (nSPS) is 20.9. The van der Waals surface area contributed by atoms with Crippen molar-refractivity contribution in [3.63, 3.8) is 0 Å². The second-order valence-corrected chi connectivity index (χ2v) is 16.6. The number of likely N-dealkylation sites (N-methyl/N-ethyl adjacent to an activating group) is 1. The molecule has 286 valence electrons. The van der Waals surface area contributed by atoms with E-state index in [2.05, 4.69) is 143 Å². The summed E-state index contributed by atoms with van der Waals surface area (Å²) in [5.74, 6) is 1.68. The van der Waals surface area contributed by atoms with Gasteiger partial charge < -0.3 is 20.0 Å². The Morgan fingerprint density at radius 1 is 0.800 bits per heavy atom. The van der Waals surface area contributed by atoms with E-state index in [0.29, 0.717) is 11.8 Å². The molecule has 4 aromatic rings. The number of fused-ring (bicyclic) bond motifs is 2. The minimum atomic E-state index is 0.213. The number of nitrogens with zero attached hydrogens (tertiary/aromatic N) is 4. The highest BCUT2D eigenvalue weighted by Gasteiger charge is 2.33. The number of rotatable bonds is 12. The Labute approximate surface area is 331 Å². The van der Waals surface area contributed by atoms with Crippen LogP contribution in [0.1, 0.15) is 82.9 Å². The van der Waals surface area contributed by atoms with E-state index in [0.717, 1.165) is 82.4 Å². The fraction of sp³-hybridized carbons (Fsp3) is 0.400. The Bertz CT molecular complexity index is 1970. The van der Waals surface area contributed by atoms with Crippen molar-refractivity contribution in [2.75, 3.05) is 62.7 Å². The highest BCUT2D eigenvalue weighted by molar-refractivity contribution is 5.72. The molecule has 0 spiro atoms. The van der Waals surface area contributed by atoms with Crippen LogP contribution in [0.5, 0.6) is 0 Å². The van der Waals surface area contributed by atoms with E-state index in [1.54, 1.807) is 0 Å². The van der Waals surface area contributed by atoms with E-state index in [1.807, 2.05) is 13.1 Å². The first-order valence-electron chi connectivity index (χ1n) is 20.9. The molecule has 1 aliphatic carbocycles. The van der Waals surface area contributed by atoms with Crippen LogP contribution in [0.3, 0.4) is 0 Å². The standard InChI is InChI=1S/C50H61N5/c1-6-7-13-49(37(3)51-5)55-35-43-33-45(20-23-46(43)38(55)4)54-30-28-52(29-31-54)34-39-24-26-53(27-25-39)44-18-15-41(16-19-44)50-47(40-11-9-8-10-12-40)22-17-42-32-36(2)14-21-48(42)50/h6,8-12,14-16,18-21,23,32-33,39,47,49-51H,1,3-4,7,13,17,22,24-31,34-35H2,2,5H3. The number of hydrogen-bond acceptors (Lipinski definition) is 5. The lowest BCUT2D eigenvalue weighted by Gasteiger charge is -2.40. The van der Waals surface area contributed by atoms with E-state index in [9.17, 15) is 0 Å². The molecule has 55 heavy (non-hydrogen) atoms. The van der Waals surface area contributed by atoms with Crippen molar-refractivity contribution < 1.29 is 0 Å². The third kappa shape index (κ3) is 7.87. The van der Waals surface area contributed by atoms with Crippen molar-refractivity contribution in [1.82, 2.24) is 15.1 Å². The molecule has 4 aliphatic rings. The van der Waals surface area contributed by atoms with E-state index < -0.39 is 0 Å². The maximum absolute atomic E-state index is 4.50. The summed E-state index contributed by atoms with van der Waals surface area (Å²) in [6.07, 6.45) is 8.85. The maximum atomic E-state index is 4.50. The first-order chi connectivity index (χ1) is 26.9. The summed E-state index contributed by atoms with van der Waals surface area (Å²) in [7, 11) is 1.97. The van der Waals surface area contributed by atoms with Gasteiger partial charge in [-0.3, -0.25) is 4.90 Å². The zero-order valence-corrected chi connectivity index (χ0v) is 33.4. The van der Waals surface area contributed by atoms with Crippen molar-refractivity contribution in [1.29, 1.82) is 0 Å². The first kappa shape index (κ1) is 37.2. The zero-order valence-electron chi connectivity index (χ0n) is 33.4. The average Bonchev–Trinajstić information content (AvgIpc) is 3.56. The third-order valence-electron chi connectivity index (χ3n) is 13.3. The van der Waals surface area contributed by atoms with Gasteiger partial charge in [0.1, 0.15) is 0 Å². The van der Waals surface area contributed by atoms with E-state index in [-0.39, 0.29) is 6.04 Å². The molecule has 0 bridgehead atoms. The van der Waals surface area contributed by atoms with Gasteiger partial charge in [0.05, 0.1) is 6.04 Å². The molecule has 0 aromatic heterocycles. The van der Waals surface area contributed by atoms with Crippen LogP contribution in [0.2, 0.25) is 0 Å². The van der Waals surface area contributed by atoms with Crippen LogP contribution < -0.4 is 15.1 Å². The maximum Gasteiger partial charge on any atom is 0.0688 e. The molecule has 3 heterocycles. The summed E-state index contributed by atoms with van der Waals surface area (Å²) >= 11 is 0. The molecule has 2 saturated heterocycles. The van der Waals surface area contributed by atoms with Crippen molar-refractivity contribution >= 4 is 17.1 Å². The lowest BCUT2D eigenvalue weighted by Crippen LogP contribution is -2.49. The number of nitrogens with one attached hydrogen (secondary N) is 1. The number of allylic oxidation sites excluding steroid dienone is 1. The fourth-order valence-electron chi connectivity index (χ4n) is 10.1. The lowest BCUT2D eigenvalue weighted by molar-refractivity contribution is 0.201. The van der Waals surface area contributed by atoms with Crippen LogP contribution in [-0.2, 0) is 13.0 Å². The molecule has 3 atom stereocenters. The Balaban J connectivity index is 0.842. The van der Waals surface area contributed by atoms with Crippen LogP contribution in [0.4, 0.5) is 11.4 Å². The van der Waals surface area contributed by atoms with E-state index >= 15 is 0 Å². The Kier molecular flexibility index (Phi) is 11.2. The topological polar surface area (TPSA) is 25.0 Å². The lowest BCUT2D eigenvalue weighted by atomic mass is 9.69. The van der Waals surface area contributed by atoms with Crippen molar-refractivity contribution in [3.05, 3.63) is 161 Å². The Morgan fingerprint density at radius 2 is 1.53 bits per heavy atom. The largest absolute Gasteiger partial charge is 0.390 e. The molecule has 0 amide bonds. The molecule has 0 radical (unpaired) electrons. The molecule has 8 rings (SSSR count). The predicted octanol–water partition coefficient (Wildman–Crippen LogP) is 9.75. The SMILES string of the molecule is C=CCCC(C(=C)NC)N1Cc2cc(N3CCN(CC4CCN(c5ccc(C6c7ccc(C)cc7CCC6c6ccccc6)cc5)CC4)CC3)ccc2C1=C. The van der Waals surface area contributed by atoms with Gasteiger partial charge in [0, 0.05) is 93.7 Å². The van der Waals surface area contributed by atoms with Gasteiger partial charge in [-0.1, -0.05) is 91.5 Å². The fourth-order valence-corrected chi connectivity index (χ4v) is 10.1. The van der Waals surface area contributed by atoms with Gasteiger partial charge in [-0.05, 0) is 109 Å². The zero-order chi connectivity index (χ0) is 37.9. The second kappa shape index (κ2) is 16.5. The summed E-state index contributed by atoms with van der Waals surface area (Å²) in [5, 5.41) is 3.30. The second-order valence-electron chi connectivity index (χ2n) is 16.6. The van der Waals surface area contributed by atoms with Gasteiger partial charge >= 0.3 is 0 Å². The summed E-state index contributed by atoms with van der Waals surface area (Å²) in [5.41, 5.74) is 14.9. The molecule has 4 aromatic carbocycles. The summed E-state index contributed by atoms with van der Waals surface area (Å²) in [6.45, 7) is 23.8. The summed E-state index contributed by atoms with van der Waals surface area (Å²) in [4.78, 5) is 10.4. The molecule has 5 nitrogen and oxygen atoms in total. The van der Waals surface area contributed by atoms with Crippen molar-refractivity contribution in [3.8, 4) is 0 Å². The third-order valence-corrected chi connectivity index (χ3v) is 13.3. The van der Waals surface area contributed by atoms with Gasteiger partial charge in [0.15, 0.2) is 0 Å². The number of piperidine rings is 1. The van der Waals surface area contributed by atoms with Crippen LogP contribution in [0, 0.1) is 12.8 Å². The predicted molar refractivity (Wildman–Crippen MR) is 233 cm³/mol. The number of piperazine rings is 1. The Morgan fingerprint density at radius 3 is 2.25 bits per heavy atom. The van der Waals surface area contributed by atoms with Gasteiger partial charge in [0.25, 0.3) is 0 Å². The summed E-state index contributed by atoms with van der Waals surface area (Å²) in [6, 6.07) is 35.3. The molecule has 2 fully saturated rings. The van der Waals surface area contributed by atoms with Gasteiger partial charge in [-0.2, -0.15) is 0 Å². The number of aryl methyl sites for hydroxylation is 2. The van der Waals surface area contributed by atoms with Crippen LogP contribution in [0.25, 0.3) is 5.70 Å². The quantitative estimate of drug-likeness (QED) is 0.146. The van der Waals surface area contributed by atoms with Crippen LogP contribution in [0.15, 0.2) is 123 Å².